The van der Waals surface area contributed by atoms with Gasteiger partial charge in [-0.15, -0.1) is 0 Å². The van der Waals surface area contributed by atoms with Crippen LogP contribution in [-0.2, 0) is 6.18 Å². The lowest BCUT2D eigenvalue weighted by atomic mass is 10.1. The first kappa shape index (κ1) is 14.3. The Kier molecular flexibility index (Phi) is 4.43. The number of aliphatic hydroxyl groups is 1. The number of hydrogen-bond donors (Lipinski definition) is 1. The van der Waals surface area contributed by atoms with Gasteiger partial charge < -0.3 is 10.0 Å². The smallest absolute Gasteiger partial charge is 0.392 e. The van der Waals surface area contributed by atoms with Gasteiger partial charge in [0.05, 0.1) is 11.7 Å². The van der Waals surface area contributed by atoms with E-state index in [1.165, 1.54) is 24.9 Å². The summed E-state index contributed by atoms with van der Waals surface area (Å²) in [4.78, 5) is 1.39. The van der Waals surface area contributed by atoms with Crippen molar-refractivity contribution in [2.75, 3.05) is 18.5 Å². The second-order valence-electron chi connectivity index (χ2n) is 3.89. The molecule has 0 aliphatic heterocycles. The van der Waals surface area contributed by atoms with Crippen LogP contribution in [0.15, 0.2) is 22.7 Å². The summed E-state index contributed by atoms with van der Waals surface area (Å²) in [5, 5.41) is 9.20. The Morgan fingerprint density at radius 1 is 1.41 bits per heavy atom. The van der Waals surface area contributed by atoms with Gasteiger partial charge >= 0.3 is 6.18 Å². The van der Waals surface area contributed by atoms with E-state index in [-0.39, 0.29) is 12.2 Å². The van der Waals surface area contributed by atoms with Crippen LogP contribution in [0, 0.1) is 0 Å². The van der Waals surface area contributed by atoms with Crippen LogP contribution >= 0.6 is 15.9 Å². The molecule has 0 aliphatic carbocycles. The number of rotatable bonds is 3. The zero-order valence-electron chi connectivity index (χ0n) is 9.42. The summed E-state index contributed by atoms with van der Waals surface area (Å²) in [5.41, 5.74) is -0.656. The van der Waals surface area contributed by atoms with E-state index >= 15 is 0 Å². The van der Waals surface area contributed by atoms with E-state index in [9.17, 15) is 18.3 Å². The average molecular weight is 312 g/mol. The van der Waals surface area contributed by atoms with E-state index in [2.05, 4.69) is 15.9 Å². The summed E-state index contributed by atoms with van der Waals surface area (Å²) >= 11 is 3.02. The molecule has 17 heavy (non-hydrogen) atoms. The minimum Gasteiger partial charge on any atom is -0.392 e. The fourth-order valence-electron chi connectivity index (χ4n) is 1.56. The quantitative estimate of drug-likeness (QED) is 0.926. The van der Waals surface area contributed by atoms with Crippen molar-refractivity contribution >= 4 is 21.6 Å². The van der Waals surface area contributed by atoms with Gasteiger partial charge in [0.25, 0.3) is 0 Å². The highest BCUT2D eigenvalue weighted by Gasteiger charge is 2.34. The van der Waals surface area contributed by atoms with Crippen LogP contribution in [0.2, 0.25) is 0 Å². The minimum atomic E-state index is -4.41. The number of halogens is 4. The molecule has 0 amide bonds. The Labute approximate surface area is 106 Å². The van der Waals surface area contributed by atoms with Crippen molar-refractivity contribution in [3.8, 4) is 0 Å². The van der Waals surface area contributed by atoms with Gasteiger partial charge in [0.2, 0.25) is 0 Å². The van der Waals surface area contributed by atoms with Crippen molar-refractivity contribution in [3.63, 3.8) is 0 Å². The lowest BCUT2D eigenvalue weighted by molar-refractivity contribution is -0.137. The Balaban J connectivity index is 3.15. The first-order valence-electron chi connectivity index (χ1n) is 4.97. The van der Waals surface area contributed by atoms with E-state index in [1.807, 2.05) is 0 Å². The van der Waals surface area contributed by atoms with Gasteiger partial charge in [0, 0.05) is 23.8 Å². The summed E-state index contributed by atoms with van der Waals surface area (Å²) < 4.78 is 38.8. The Hall–Kier alpha value is -0.750. The van der Waals surface area contributed by atoms with Crippen molar-refractivity contribution in [1.29, 1.82) is 0 Å². The Bertz CT molecular complexity index is 393. The van der Waals surface area contributed by atoms with Crippen LogP contribution in [0.25, 0.3) is 0 Å². The number of nitrogens with zero attached hydrogens (tertiary/aromatic N) is 1. The summed E-state index contributed by atoms with van der Waals surface area (Å²) in [7, 11) is 1.52. The second-order valence-corrected chi connectivity index (χ2v) is 4.80. The highest BCUT2D eigenvalue weighted by Crippen LogP contribution is 2.37. The van der Waals surface area contributed by atoms with Gasteiger partial charge in [-0.05, 0) is 25.1 Å². The van der Waals surface area contributed by atoms with Crippen LogP contribution < -0.4 is 4.90 Å². The van der Waals surface area contributed by atoms with E-state index in [4.69, 9.17) is 0 Å². The molecule has 1 N–H and O–H groups in total. The van der Waals surface area contributed by atoms with Gasteiger partial charge in [0.1, 0.15) is 0 Å². The van der Waals surface area contributed by atoms with Crippen molar-refractivity contribution in [1.82, 2.24) is 0 Å². The second kappa shape index (κ2) is 5.27. The van der Waals surface area contributed by atoms with Crippen molar-refractivity contribution in [2.45, 2.75) is 19.2 Å². The monoisotopic (exact) mass is 311 g/mol. The molecule has 0 bridgehead atoms. The maximum atomic E-state index is 12.8. The highest BCUT2D eigenvalue weighted by molar-refractivity contribution is 9.10. The normalized spacial score (nSPS) is 13.6. The van der Waals surface area contributed by atoms with Gasteiger partial charge in [-0.3, -0.25) is 0 Å². The molecule has 2 nitrogen and oxygen atoms in total. The molecule has 0 fully saturated rings. The summed E-state index contributed by atoms with van der Waals surface area (Å²) in [5.74, 6) is 0. The predicted molar refractivity (Wildman–Crippen MR) is 64.1 cm³/mol. The van der Waals surface area contributed by atoms with Crippen molar-refractivity contribution < 1.29 is 18.3 Å². The third-order valence-corrected chi connectivity index (χ3v) is 2.71. The molecular formula is C11H13BrF3NO. The highest BCUT2D eigenvalue weighted by atomic mass is 79.9. The third-order valence-electron chi connectivity index (χ3n) is 2.21. The molecule has 0 spiro atoms. The number of alkyl halides is 3. The zero-order chi connectivity index (χ0) is 13.2. The zero-order valence-corrected chi connectivity index (χ0v) is 11.0. The number of benzene rings is 1. The molecule has 1 aromatic carbocycles. The topological polar surface area (TPSA) is 23.5 Å². The maximum absolute atomic E-state index is 12.8. The maximum Gasteiger partial charge on any atom is 0.418 e. The molecule has 0 radical (unpaired) electrons. The number of aliphatic hydroxyl groups excluding tert-OH is 1. The third kappa shape index (κ3) is 3.89. The van der Waals surface area contributed by atoms with Crippen LogP contribution in [0.1, 0.15) is 12.5 Å². The molecule has 1 atom stereocenters. The van der Waals surface area contributed by atoms with E-state index in [1.54, 1.807) is 6.07 Å². The first-order chi connectivity index (χ1) is 7.71. The number of hydrogen-bond acceptors (Lipinski definition) is 2. The Morgan fingerprint density at radius 3 is 2.47 bits per heavy atom. The van der Waals surface area contributed by atoms with E-state index < -0.39 is 17.8 Å². The lowest BCUT2D eigenvalue weighted by Crippen LogP contribution is -2.28. The molecule has 0 saturated heterocycles. The van der Waals surface area contributed by atoms with E-state index in [0.29, 0.717) is 4.47 Å². The molecule has 0 aliphatic rings. The van der Waals surface area contributed by atoms with Crippen LogP contribution in [0.3, 0.4) is 0 Å². The molecule has 0 aromatic heterocycles. The molecule has 6 heteroatoms. The molecule has 0 saturated carbocycles. The lowest BCUT2D eigenvalue weighted by Gasteiger charge is -2.24. The predicted octanol–water partition coefficient (Wildman–Crippen LogP) is 3.28. The van der Waals surface area contributed by atoms with Gasteiger partial charge in [-0.2, -0.15) is 13.2 Å². The largest absolute Gasteiger partial charge is 0.418 e. The Morgan fingerprint density at radius 2 is 2.00 bits per heavy atom. The molecular weight excluding hydrogens is 299 g/mol. The minimum absolute atomic E-state index is 0.0570. The number of anilines is 1. The molecule has 1 aromatic rings. The fraction of sp³-hybridized carbons (Fsp3) is 0.455. The van der Waals surface area contributed by atoms with Gasteiger partial charge in [-0.1, -0.05) is 15.9 Å². The summed E-state index contributed by atoms with van der Waals surface area (Å²) in [6, 6.07) is 3.96. The van der Waals surface area contributed by atoms with Crippen molar-refractivity contribution in [2.24, 2.45) is 0 Å². The number of likely N-dealkylation sites (N-methyl/N-ethyl adjacent to an activating group) is 1. The molecule has 1 unspecified atom stereocenters. The molecule has 96 valence electrons. The van der Waals surface area contributed by atoms with Gasteiger partial charge in [0.15, 0.2) is 0 Å². The van der Waals surface area contributed by atoms with E-state index in [0.717, 1.165) is 6.07 Å². The van der Waals surface area contributed by atoms with Gasteiger partial charge in [-0.25, -0.2) is 0 Å². The fourth-order valence-corrected chi connectivity index (χ4v) is 1.92. The molecule has 0 heterocycles. The van der Waals surface area contributed by atoms with Crippen LogP contribution in [0.5, 0.6) is 0 Å². The average Bonchev–Trinajstić information content (AvgIpc) is 2.14. The molecule has 1 rings (SSSR count). The van der Waals surface area contributed by atoms with Crippen molar-refractivity contribution in [3.05, 3.63) is 28.2 Å². The van der Waals surface area contributed by atoms with Crippen LogP contribution in [-0.4, -0.2) is 24.8 Å². The summed E-state index contributed by atoms with van der Waals surface area (Å²) in [6.45, 7) is 1.67. The summed E-state index contributed by atoms with van der Waals surface area (Å²) in [6.07, 6.45) is -5.10. The SMILES string of the molecule is CC(O)CN(C)c1ccc(Br)cc1C(F)(F)F. The first-order valence-corrected chi connectivity index (χ1v) is 5.77. The standard InChI is InChI=1S/C11H13BrF3NO/c1-7(17)6-16(2)10-4-3-8(12)5-9(10)11(13,14)15/h3-5,7,17H,6H2,1-2H3. The van der Waals surface area contributed by atoms with Crippen LogP contribution in [0.4, 0.5) is 18.9 Å².